The Morgan fingerprint density at radius 2 is 2.32 bits per heavy atom. The van der Waals surface area contributed by atoms with Crippen LogP contribution in [0.1, 0.15) is 29.6 Å². The number of carbonyl (C=O) groups excluding carboxylic acids is 2. The van der Waals surface area contributed by atoms with Crippen molar-refractivity contribution >= 4 is 18.0 Å². The average molecular weight is 259 g/mol. The van der Waals surface area contributed by atoms with Gasteiger partial charge in [-0.3, -0.25) is 9.59 Å². The van der Waals surface area contributed by atoms with Crippen molar-refractivity contribution in [3.05, 3.63) is 23.9 Å². The quantitative estimate of drug-likeness (QED) is 0.805. The van der Waals surface area contributed by atoms with Crippen LogP contribution >= 0.6 is 0 Å². The largest absolute Gasteiger partial charge is 0.356 e. The molecule has 2 unspecified atom stereocenters. The number of rotatable bonds is 2. The molecule has 2 atom stereocenters. The minimum atomic E-state index is 0.168. The number of amides is 1. The van der Waals surface area contributed by atoms with E-state index in [1.807, 2.05) is 0 Å². The first-order valence-electron chi connectivity index (χ1n) is 6.72. The Morgan fingerprint density at radius 1 is 1.42 bits per heavy atom. The maximum Gasteiger partial charge on any atom is 0.220 e. The summed E-state index contributed by atoms with van der Waals surface area (Å²) in [6.45, 7) is 1.70. The van der Waals surface area contributed by atoms with Gasteiger partial charge in [-0.05, 0) is 30.9 Å². The fraction of sp³-hybridized carbons (Fsp3) is 0.500. The molecular formula is C14H17N3O2. The predicted molar refractivity (Wildman–Crippen MR) is 71.1 cm³/mol. The summed E-state index contributed by atoms with van der Waals surface area (Å²) < 4.78 is 0. The van der Waals surface area contributed by atoms with E-state index in [-0.39, 0.29) is 5.91 Å². The molecule has 100 valence electrons. The molecule has 19 heavy (non-hydrogen) atoms. The molecule has 3 heterocycles. The molecule has 0 spiro atoms. The molecule has 1 amide bonds. The minimum absolute atomic E-state index is 0.168. The van der Waals surface area contributed by atoms with E-state index < -0.39 is 0 Å². The van der Waals surface area contributed by atoms with Gasteiger partial charge in [0.1, 0.15) is 5.82 Å². The van der Waals surface area contributed by atoms with Crippen molar-refractivity contribution in [3.63, 3.8) is 0 Å². The molecular weight excluding hydrogens is 242 g/mol. The van der Waals surface area contributed by atoms with E-state index in [1.165, 1.54) is 0 Å². The number of nitrogens with zero attached hydrogens (tertiary/aromatic N) is 2. The van der Waals surface area contributed by atoms with Crippen LogP contribution in [0.4, 0.5) is 5.82 Å². The topological polar surface area (TPSA) is 62.3 Å². The van der Waals surface area contributed by atoms with Crippen molar-refractivity contribution in [2.45, 2.75) is 25.3 Å². The second-order valence-electron chi connectivity index (χ2n) is 5.24. The summed E-state index contributed by atoms with van der Waals surface area (Å²) in [7, 11) is 0. The first-order valence-corrected chi connectivity index (χ1v) is 6.72. The van der Waals surface area contributed by atoms with E-state index in [1.54, 1.807) is 18.3 Å². The van der Waals surface area contributed by atoms with Gasteiger partial charge in [-0.25, -0.2) is 4.98 Å². The molecule has 2 fully saturated rings. The maximum atomic E-state index is 11.4. The van der Waals surface area contributed by atoms with Crippen molar-refractivity contribution in [2.24, 2.45) is 5.92 Å². The zero-order chi connectivity index (χ0) is 13.2. The van der Waals surface area contributed by atoms with Crippen LogP contribution in [0.25, 0.3) is 0 Å². The van der Waals surface area contributed by atoms with E-state index in [9.17, 15) is 9.59 Å². The summed E-state index contributed by atoms with van der Waals surface area (Å²) in [5, 5.41) is 3.06. The minimum Gasteiger partial charge on any atom is -0.356 e. The number of fused-ring (bicyclic) bond motifs is 1. The van der Waals surface area contributed by atoms with Crippen molar-refractivity contribution in [2.75, 3.05) is 18.0 Å². The molecule has 2 aliphatic rings. The van der Waals surface area contributed by atoms with Gasteiger partial charge >= 0.3 is 0 Å². The molecule has 0 bridgehead atoms. The average Bonchev–Trinajstić information content (AvgIpc) is 2.46. The van der Waals surface area contributed by atoms with Gasteiger partial charge in [0.15, 0.2) is 6.29 Å². The van der Waals surface area contributed by atoms with Crippen LogP contribution in [0.5, 0.6) is 0 Å². The smallest absolute Gasteiger partial charge is 0.220 e. The lowest BCUT2D eigenvalue weighted by molar-refractivity contribution is -0.124. The molecule has 2 aliphatic heterocycles. The third kappa shape index (κ3) is 2.32. The molecule has 3 rings (SSSR count). The molecule has 2 saturated heterocycles. The van der Waals surface area contributed by atoms with Gasteiger partial charge in [-0.15, -0.1) is 0 Å². The van der Waals surface area contributed by atoms with E-state index in [0.717, 1.165) is 38.0 Å². The van der Waals surface area contributed by atoms with Crippen LogP contribution in [-0.2, 0) is 4.79 Å². The molecule has 0 radical (unpaired) electrons. The highest BCUT2D eigenvalue weighted by Crippen LogP contribution is 2.28. The van der Waals surface area contributed by atoms with E-state index >= 15 is 0 Å². The summed E-state index contributed by atoms with van der Waals surface area (Å²) in [5.41, 5.74) is 0.640. The third-order valence-corrected chi connectivity index (χ3v) is 4.07. The van der Waals surface area contributed by atoms with E-state index in [4.69, 9.17) is 0 Å². The van der Waals surface area contributed by atoms with Gasteiger partial charge in [-0.1, -0.05) is 0 Å². The molecule has 0 aliphatic carbocycles. The lowest BCUT2D eigenvalue weighted by Gasteiger charge is -2.42. The second kappa shape index (κ2) is 4.99. The monoisotopic (exact) mass is 259 g/mol. The molecule has 1 aromatic heterocycles. The predicted octanol–water partition coefficient (Wildman–Crippen LogP) is 0.999. The zero-order valence-electron chi connectivity index (χ0n) is 10.7. The SMILES string of the molecule is O=Cc1cccnc1N1CCC2NC(=O)CCC2C1. The molecule has 5 heteroatoms. The molecule has 5 nitrogen and oxygen atoms in total. The first-order chi connectivity index (χ1) is 9.28. The summed E-state index contributed by atoms with van der Waals surface area (Å²) >= 11 is 0. The van der Waals surface area contributed by atoms with Crippen LogP contribution in [0, 0.1) is 5.92 Å². The Kier molecular flexibility index (Phi) is 3.19. The number of carbonyl (C=O) groups is 2. The Labute approximate surface area is 112 Å². The van der Waals surface area contributed by atoms with Gasteiger partial charge in [0.2, 0.25) is 5.91 Å². The van der Waals surface area contributed by atoms with Gasteiger partial charge in [0, 0.05) is 31.7 Å². The molecule has 0 aromatic carbocycles. The zero-order valence-corrected chi connectivity index (χ0v) is 10.7. The van der Waals surface area contributed by atoms with E-state index in [2.05, 4.69) is 15.2 Å². The maximum absolute atomic E-state index is 11.4. The van der Waals surface area contributed by atoms with Crippen LogP contribution in [0.3, 0.4) is 0 Å². The molecule has 1 aromatic rings. The Hall–Kier alpha value is -1.91. The summed E-state index contributed by atoms with van der Waals surface area (Å²) in [5.74, 6) is 1.40. The van der Waals surface area contributed by atoms with Gasteiger partial charge in [0.05, 0.1) is 5.56 Å². The van der Waals surface area contributed by atoms with Crippen LogP contribution in [0.2, 0.25) is 0 Å². The number of aromatic nitrogens is 1. The number of pyridine rings is 1. The summed E-state index contributed by atoms with van der Waals surface area (Å²) in [6.07, 6.45) is 5.04. The van der Waals surface area contributed by atoms with Crippen LogP contribution in [0.15, 0.2) is 18.3 Å². The number of anilines is 1. The van der Waals surface area contributed by atoms with Crippen LogP contribution < -0.4 is 10.2 Å². The Bertz CT molecular complexity index is 503. The number of hydrogen-bond donors (Lipinski definition) is 1. The lowest BCUT2D eigenvalue weighted by atomic mass is 9.85. The van der Waals surface area contributed by atoms with Crippen molar-refractivity contribution in [3.8, 4) is 0 Å². The standard InChI is InChI=1S/C14H17N3O2/c18-9-11-2-1-6-15-14(11)17-7-5-12-10(8-17)3-4-13(19)16-12/h1-2,6,9-10,12H,3-5,7-8H2,(H,16,19). The lowest BCUT2D eigenvalue weighted by Crippen LogP contribution is -2.54. The highest BCUT2D eigenvalue weighted by Gasteiger charge is 2.34. The highest BCUT2D eigenvalue weighted by atomic mass is 16.1. The highest BCUT2D eigenvalue weighted by molar-refractivity contribution is 5.82. The molecule has 0 saturated carbocycles. The van der Waals surface area contributed by atoms with E-state index in [0.29, 0.717) is 23.9 Å². The summed E-state index contributed by atoms with van der Waals surface area (Å²) in [4.78, 5) is 29.0. The second-order valence-corrected chi connectivity index (χ2v) is 5.24. The van der Waals surface area contributed by atoms with Crippen LogP contribution in [-0.4, -0.2) is 36.3 Å². The number of aldehydes is 1. The van der Waals surface area contributed by atoms with Gasteiger partial charge in [0.25, 0.3) is 0 Å². The van der Waals surface area contributed by atoms with Crippen molar-refractivity contribution in [1.82, 2.24) is 10.3 Å². The van der Waals surface area contributed by atoms with Gasteiger partial charge < -0.3 is 10.2 Å². The fourth-order valence-electron chi connectivity index (χ4n) is 3.07. The fourth-order valence-corrected chi connectivity index (χ4v) is 3.07. The van der Waals surface area contributed by atoms with Crippen molar-refractivity contribution in [1.29, 1.82) is 0 Å². The number of nitrogens with one attached hydrogen (secondary N) is 1. The number of piperidine rings is 2. The number of hydrogen-bond acceptors (Lipinski definition) is 4. The Morgan fingerprint density at radius 3 is 3.16 bits per heavy atom. The summed E-state index contributed by atoms with van der Waals surface area (Å²) in [6, 6.07) is 3.87. The Balaban J connectivity index is 1.77. The normalized spacial score (nSPS) is 26.5. The van der Waals surface area contributed by atoms with Crippen molar-refractivity contribution < 1.29 is 9.59 Å². The third-order valence-electron chi connectivity index (χ3n) is 4.07. The van der Waals surface area contributed by atoms with Gasteiger partial charge in [-0.2, -0.15) is 0 Å². The molecule has 1 N–H and O–H groups in total. The first kappa shape index (κ1) is 12.1.